The number of carboxylic acids is 1. The van der Waals surface area contributed by atoms with Crippen LogP contribution in [0.25, 0.3) is 0 Å². The van der Waals surface area contributed by atoms with Gasteiger partial charge in [-0.15, -0.1) is 11.3 Å². The fraction of sp³-hybridized carbons (Fsp3) is 0.444. The van der Waals surface area contributed by atoms with Crippen molar-refractivity contribution in [2.75, 3.05) is 30.5 Å². The maximum absolute atomic E-state index is 11.0. The molecule has 1 N–H and O–H groups in total. The Hall–Kier alpha value is -1.08. The Kier molecular flexibility index (Phi) is 3.93. The lowest BCUT2D eigenvalue weighted by molar-refractivity contribution is 0.0702. The molecule has 5 nitrogen and oxygen atoms in total. The number of carboxylic acid groups (broad SMARTS) is 1. The Morgan fingerprint density at radius 2 is 2.19 bits per heavy atom. The van der Waals surface area contributed by atoms with Crippen LogP contribution in [0.3, 0.4) is 0 Å². The normalized spacial score (nSPS) is 11.4. The molecule has 0 fully saturated rings. The number of rotatable bonds is 5. The van der Waals surface area contributed by atoms with Gasteiger partial charge in [0.1, 0.15) is 14.7 Å². The van der Waals surface area contributed by atoms with E-state index in [1.54, 1.807) is 17.3 Å². The Labute approximate surface area is 98.2 Å². The van der Waals surface area contributed by atoms with Gasteiger partial charge in [0.2, 0.25) is 0 Å². The van der Waals surface area contributed by atoms with Crippen LogP contribution in [0.15, 0.2) is 11.4 Å². The zero-order chi connectivity index (χ0) is 12.3. The van der Waals surface area contributed by atoms with Crippen LogP contribution in [0, 0.1) is 0 Å². The van der Waals surface area contributed by atoms with Crippen molar-refractivity contribution in [1.82, 2.24) is 0 Å². The lowest BCUT2D eigenvalue weighted by Gasteiger charge is -2.16. The van der Waals surface area contributed by atoms with Gasteiger partial charge in [-0.1, -0.05) is 0 Å². The van der Waals surface area contributed by atoms with E-state index < -0.39 is 15.8 Å². The van der Waals surface area contributed by atoms with E-state index in [0.717, 1.165) is 17.0 Å². The van der Waals surface area contributed by atoms with Gasteiger partial charge >= 0.3 is 5.97 Å². The summed E-state index contributed by atoms with van der Waals surface area (Å²) in [6.07, 6.45) is 1.18. The highest BCUT2D eigenvalue weighted by molar-refractivity contribution is 7.90. The summed E-state index contributed by atoms with van der Waals surface area (Å²) in [5.41, 5.74) is 0.728. The van der Waals surface area contributed by atoms with E-state index in [-0.39, 0.29) is 10.6 Å². The molecule has 0 atom stereocenters. The zero-order valence-electron chi connectivity index (χ0n) is 9.00. The molecule has 0 aliphatic heterocycles. The van der Waals surface area contributed by atoms with Crippen molar-refractivity contribution in [2.45, 2.75) is 0 Å². The van der Waals surface area contributed by atoms with E-state index in [1.807, 2.05) is 0 Å². The molecule has 0 spiro atoms. The van der Waals surface area contributed by atoms with Gasteiger partial charge in [-0.2, -0.15) is 0 Å². The first-order valence-electron chi connectivity index (χ1n) is 4.50. The lowest BCUT2D eigenvalue weighted by Crippen LogP contribution is -2.24. The first-order valence-corrected chi connectivity index (χ1v) is 7.44. The van der Waals surface area contributed by atoms with Gasteiger partial charge in [0.15, 0.2) is 0 Å². The molecule has 90 valence electrons. The number of sulfone groups is 1. The van der Waals surface area contributed by atoms with Crippen molar-refractivity contribution in [3.8, 4) is 0 Å². The quantitative estimate of drug-likeness (QED) is 0.855. The highest BCUT2D eigenvalue weighted by atomic mass is 32.2. The monoisotopic (exact) mass is 263 g/mol. The minimum atomic E-state index is -2.99. The van der Waals surface area contributed by atoms with Crippen molar-refractivity contribution in [1.29, 1.82) is 0 Å². The summed E-state index contributed by atoms with van der Waals surface area (Å²) >= 11 is 1.13. The van der Waals surface area contributed by atoms with Crippen LogP contribution in [0.5, 0.6) is 0 Å². The molecule has 0 aromatic carbocycles. The molecule has 0 radical (unpaired) electrons. The molecule has 0 saturated heterocycles. The summed E-state index contributed by atoms with van der Waals surface area (Å²) in [6, 6.07) is 1.54. The number of carbonyl (C=O) groups is 1. The molecule has 0 aliphatic rings. The van der Waals surface area contributed by atoms with Gasteiger partial charge in [-0.05, 0) is 6.07 Å². The maximum Gasteiger partial charge on any atom is 0.345 e. The Morgan fingerprint density at radius 3 is 2.62 bits per heavy atom. The van der Waals surface area contributed by atoms with Crippen LogP contribution in [-0.2, 0) is 9.84 Å². The van der Waals surface area contributed by atoms with Gasteiger partial charge in [0.25, 0.3) is 0 Å². The van der Waals surface area contributed by atoms with Crippen molar-refractivity contribution < 1.29 is 18.3 Å². The molecule has 1 aromatic rings. The minimum absolute atomic E-state index is 0.0573. The molecule has 16 heavy (non-hydrogen) atoms. The summed E-state index contributed by atoms with van der Waals surface area (Å²) in [6.45, 7) is 0.356. The van der Waals surface area contributed by atoms with Gasteiger partial charge in [-0.25, -0.2) is 13.2 Å². The molecule has 0 saturated carbocycles. The first-order chi connectivity index (χ1) is 7.29. The third kappa shape index (κ3) is 3.82. The minimum Gasteiger partial charge on any atom is -0.477 e. The van der Waals surface area contributed by atoms with Crippen molar-refractivity contribution >= 4 is 32.8 Å². The van der Waals surface area contributed by atoms with Crippen LogP contribution < -0.4 is 4.90 Å². The summed E-state index contributed by atoms with van der Waals surface area (Å²) < 4.78 is 21.9. The van der Waals surface area contributed by atoms with E-state index in [9.17, 15) is 13.2 Å². The number of thiophene rings is 1. The summed E-state index contributed by atoms with van der Waals surface area (Å²) in [7, 11) is -1.26. The molecule has 1 heterocycles. The molecular weight excluding hydrogens is 250 g/mol. The topological polar surface area (TPSA) is 74.7 Å². The van der Waals surface area contributed by atoms with Gasteiger partial charge in [0, 0.05) is 30.9 Å². The third-order valence-corrected chi connectivity index (χ3v) is 3.86. The van der Waals surface area contributed by atoms with E-state index in [0.29, 0.717) is 6.54 Å². The van der Waals surface area contributed by atoms with E-state index in [4.69, 9.17) is 5.11 Å². The van der Waals surface area contributed by atoms with Crippen LogP contribution >= 0.6 is 11.3 Å². The van der Waals surface area contributed by atoms with E-state index in [1.165, 1.54) is 12.3 Å². The fourth-order valence-electron chi connectivity index (χ4n) is 1.07. The molecule has 0 amide bonds. The van der Waals surface area contributed by atoms with E-state index in [2.05, 4.69) is 0 Å². The average Bonchev–Trinajstić information content (AvgIpc) is 2.61. The molecule has 7 heteroatoms. The number of nitrogens with zero attached hydrogens (tertiary/aromatic N) is 1. The smallest absolute Gasteiger partial charge is 0.345 e. The molecular formula is C9H13NO4S2. The largest absolute Gasteiger partial charge is 0.477 e. The number of hydrogen-bond acceptors (Lipinski definition) is 5. The standard InChI is InChI=1S/C9H13NO4S2/c1-10(3-4-16(2,13)14)7-5-8(9(11)12)15-6-7/h5-6H,3-4H2,1-2H3,(H,11,12). The van der Waals surface area contributed by atoms with Gasteiger partial charge in [0.05, 0.1) is 5.75 Å². The van der Waals surface area contributed by atoms with Crippen molar-refractivity contribution in [3.05, 3.63) is 16.3 Å². The Bertz CT molecular complexity index is 477. The predicted octanol–water partition coefficient (Wildman–Crippen LogP) is 0.927. The summed E-state index contributed by atoms with van der Waals surface area (Å²) in [5, 5.41) is 10.4. The van der Waals surface area contributed by atoms with Crippen LogP contribution in [0.1, 0.15) is 9.67 Å². The van der Waals surface area contributed by atoms with Crippen LogP contribution in [0.2, 0.25) is 0 Å². The summed E-state index contributed by atoms with van der Waals surface area (Å²) in [5.74, 6) is -0.908. The van der Waals surface area contributed by atoms with Crippen LogP contribution in [-0.4, -0.2) is 45.1 Å². The number of hydrogen-bond donors (Lipinski definition) is 1. The molecule has 1 aromatic heterocycles. The Morgan fingerprint density at radius 1 is 1.56 bits per heavy atom. The highest BCUT2D eigenvalue weighted by Gasteiger charge is 2.11. The lowest BCUT2D eigenvalue weighted by atomic mass is 10.4. The van der Waals surface area contributed by atoms with Gasteiger partial charge < -0.3 is 10.0 Å². The molecule has 0 bridgehead atoms. The van der Waals surface area contributed by atoms with Gasteiger partial charge in [-0.3, -0.25) is 0 Å². The molecule has 0 aliphatic carbocycles. The predicted molar refractivity (Wildman–Crippen MR) is 64.3 cm³/mol. The average molecular weight is 263 g/mol. The highest BCUT2D eigenvalue weighted by Crippen LogP contribution is 2.22. The second-order valence-electron chi connectivity index (χ2n) is 3.53. The second-order valence-corrected chi connectivity index (χ2v) is 6.70. The van der Waals surface area contributed by atoms with E-state index >= 15 is 0 Å². The van der Waals surface area contributed by atoms with Crippen molar-refractivity contribution in [2.24, 2.45) is 0 Å². The number of aromatic carboxylic acids is 1. The Balaban J connectivity index is 2.66. The number of anilines is 1. The van der Waals surface area contributed by atoms with Crippen molar-refractivity contribution in [3.63, 3.8) is 0 Å². The van der Waals surface area contributed by atoms with Crippen LogP contribution in [0.4, 0.5) is 5.69 Å². The maximum atomic E-state index is 11.0. The second kappa shape index (κ2) is 4.84. The first kappa shape index (κ1) is 13.0. The molecule has 0 unspecified atom stereocenters. The zero-order valence-corrected chi connectivity index (χ0v) is 10.6. The molecule has 1 rings (SSSR count). The third-order valence-electron chi connectivity index (χ3n) is 2.03. The fourth-order valence-corrected chi connectivity index (χ4v) is 2.46. The summed E-state index contributed by atoms with van der Waals surface area (Å²) in [4.78, 5) is 12.6. The SMILES string of the molecule is CN(CCS(C)(=O)=O)c1csc(C(=O)O)c1.